The smallest absolute Gasteiger partial charge is 0.243 e. The van der Waals surface area contributed by atoms with Gasteiger partial charge in [-0.2, -0.15) is 4.98 Å². The van der Waals surface area contributed by atoms with Crippen molar-refractivity contribution in [1.82, 2.24) is 14.6 Å². The third kappa shape index (κ3) is 1.73. The molecule has 0 bridgehead atoms. The quantitative estimate of drug-likeness (QED) is 0.861. The summed E-state index contributed by atoms with van der Waals surface area (Å²) in [5.74, 6) is 1.03. The highest BCUT2D eigenvalue weighted by Gasteiger charge is 2.17. The molecule has 0 spiro atoms. The van der Waals surface area contributed by atoms with Crippen LogP contribution in [0.15, 0.2) is 18.3 Å². The van der Waals surface area contributed by atoms with Gasteiger partial charge in [0.25, 0.3) is 0 Å². The van der Waals surface area contributed by atoms with Gasteiger partial charge in [-0.1, -0.05) is 6.42 Å². The SMILES string of the molecule is Fc1ccc2nc(NCC3CCC3)nn2c1. The summed E-state index contributed by atoms with van der Waals surface area (Å²) in [5.41, 5.74) is 0.664. The Morgan fingerprint density at radius 3 is 3.06 bits per heavy atom. The van der Waals surface area contributed by atoms with Crippen molar-refractivity contribution in [3.8, 4) is 0 Å². The summed E-state index contributed by atoms with van der Waals surface area (Å²) in [6, 6.07) is 3.01. The summed E-state index contributed by atoms with van der Waals surface area (Å²) >= 11 is 0. The van der Waals surface area contributed by atoms with Crippen LogP contribution in [-0.2, 0) is 0 Å². The Morgan fingerprint density at radius 1 is 1.44 bits per heavy atom. The van der Waals surface area contributed by atoms with Gasteiger partial charge in [0.05, 0.1) is 6.20 Å². The van der Waals surface area contributed by atoms with Gasteiger partial charge in [-0.15, -0.1) is 5.10 Å². The van der Waals surface area contributed by atoms with Crippen LogP contribution in [0.2, 0.25) is 0 Å². The maximum Gasteiger partial charge on any atom is 0.243 e. The Labute approximate surface area is 92.5 Å². The highest BCUT2D eigenvalue weighted by atomic mass is 19.1. The van der Waals surface area contributed by atoms with Gasteiger partial charge in [0.2, 0.25) is 5.95 Å². The molecular weight excluding hydrogens is 207 g/mol. The van der Waals surface area contributed by atoms with Gasteiger partial charge in [-0.3, -0.25) is 0 Å². The van der Waals surface area contributed by atoms with E-state index in [0.717, 1.165) is 12.5 Å². The molecule has 0 aromatic carbocycles. The van der Waals surface area contributed by atoms with Crippen LogP contribution in [0.25, 0.3) is 5.65 Å². The van der Waals surface area contributed by atoms with E-state index >= 15 is 0 Å². The van der Waals surface area contributed by atoms with Crippen LogP contribution in [0.5, 0.6) is 0 Å². The lowest BCUT2D eigenvalue weighted by molar-refractivity contribution is 0.333. The summed E-state index contributed by atoms with van der Waals surface area (Å²) in [6.45, 7) is 0.916. The number of rotatable bonds is 3. The molecule has 2 heterocycles. The van der Waals surface area contributed by atoms with Crippen molar-refractivity contribution in [3.63, 3.8) is 0 Å². The fourth-order valence-corrected chi connectivity index (χ4v) is 1.87. The highest BCUT2D eigenvalue weighted by molar-refractivity contribution is 5.43. The van der Waals surface area contributed by atoms with E-state index in [4.69, 9.17) is 0 Å². The average Bonchev–Trinajstić information content (AvgIpc) is 2.57. The molecule has 0 aliphatic heterocycles. The number of fused-ring (bicyclic) bond motifs is 1. The summed E-state index contributed by atoms with van der Waals surface area (Å²) in [5, 5.41) is 7.35. The van der Waals surface area contributed by atoms with Crippen LogP contribution < -0.4 is 5.32 Å². The van der Waals surface area contributed by atoms with Gasteiger partial charge in [-0.25, -0.2) is 8.91 Å². The molecule has 0 saturated heterocycles. The monoisotopic (exact) mass is 220 g/mol. The lowest BCUT2D eigenvalue weighted by Gasteiger charge is -2.24. The van der Waals surface area contributed by atoms with Crippen molar-refractivity contribution >= 4 is 11.6 Å². The summed E-state index contributed by atoms with van der Waals surface area (Å²) in [7, 11) is 0. The van der Waals surface area contributed by atoms with Crippen LogP contribution in [0.4, 0.5) is 10.3 Å². The first-order chi connectivity index (χ1) is 7.81. The number of anilines is 1. The van der Waals surface area contributed by atoms with Crippen LogP contribution in [0.1, 0.15) is 19.3 Å². The van der Waals surface area contributed by atoms with E-state index in [1.165, 1.54) is 36.0 Å². The second-order valence-electron chi connectivity index (χ2n) is 4.26. The first kappa shape index (κ1) is 9.57. The van der Waals surface area contributed by atoms with E-state index in [9.17, 15) is 4.39 Å². The first-order valence-electron chi connectivity index (χ1n) is 5.57. The minimum atomic E-state index is -0.303. The molecule has 0 unspecified atom stereocenters. The molecule has 0 amide bonds. The van der Waals surface area contributed by atoms with Crippen molar-refractivity contribution < 1.29 is 4.39 Å². The molecule has 1 N–H and O–H groups in total. The molecule has 2 aromatic rings. The fraction of sp³-hybridized carbons (Fsp3) is 0.455. The average molecular weight is 220 g/mol. The third-order valence-corrected chi connectivity index (χ3v) is 3.07. The second-order valence-corrected chi connectivity index (χ2v) is 4.26. The van der Waals surface area contributed by atoms with Gasteiger partial charge in [-0.05, 0) is 30.9 Å². The standard InChI is InChI=1S/C11H13FN4/c12-9-4-5-10-14-11(15-16(10)7-9)13-6-8-2-1-3-8/h4-5,7-8H,1-3,6H2,(H,13,15). The Kier molecular flexibility index (Phi) is 2.23. The Balaban J connectivity index is 1.76. The van der Waals surface area contributed by atoms with Crippen LogP contribution in [0, 0.1) is 11.7 Å². The number of hydrogen-bond donors (Lipinski definition) is 1. The molecule has 1 aliphatic rings. The van der Waals surface area contributed by atoms with E-state index in [2.05, 4.69) is 15.4 Å². The van der Waals surface area contributed by atoms with Gasteiger partial charge in [0, 0.05) is 6.54 Å². The molecule has 84 valence electrons. The maximum absolute atomic E-state index is 12.9. The van der Waals surface area contributed by atoms with Crippen molar-refractivity contribution in [3.05, 3.63) is 24.1 Å². The third-order valence-electron chi connectivity index (χ3n) is 3.07. The number of pyridine rings is 1. The zero-order valence-corrected chi connectivity index (χ0v) is 8.86. The number of nitrogens with one attached hydrogen (secondary N) is 1. The molecule has 4 nitrogen and oxygen atoms in total. The lowest BCUT2D eigenvalue weighted by Crippen LogP contribution is -2.21. The first-order valence-corrected chi connectivity index (χ1v) is 5.57. The summed E-state index contributed by atoms with van der Waals surface area (Å²) < 4.78 is 14.4. The predicted molar refractivity (Wildman–Crippen MR) is 58.8 cm³/mol. The molecule has 5 heteroatoms. The van der Waals surface area contributed by atoms with Gasteiger partial charge >= 0.3 is 0 Å². The van der Waals surface area contributed by atoms with E-state index < -0.39 is 0 Å². The van der Waals surface area contributed by atoms with Gasteiger partial charge in [0.1, 0.15) is 5.82 Å². The van der Waals surface area contributed by atoms with Crippen LogP contribution >= 0.6 is 0 Å². The van der Waals surface area contributed by atoms with Crippen molar-refractivity contribution in [1.29, 1.82) is 0 Å². The molecule has 0 radical (unpaired) electrons. The molecule has 1 fully saturated rings. The predicted octanol–water partition coefficient (Wildman–Crippen LogP) is 2.08. The molecule has 16 heavy (non-hydrogen) atoms. The largest absolute Gasteiger partial charge is 0.353 e. The normalized spacial score (nSPS) is 16.3. The highest BCUT2D eigenvalue weighted by Crippen LogP contribution is 2.26. The number of halogens is 1. The van der Waals surface area contributed by atoms with Gasteiger partial charge in [0.15, 0.2) is 5.65 Å². The van der Waals surface area contributed by atoms with Crippen molar-refractivity contribution in [2.75, 3.05) is 11.9 Å². The molecule has 2 aromatic heterocycles. The van der Waals surface area contributed by atoms with E-state index in [1.54, 1.807) is 6.07 Å². The van der Waals surface area contributed by atoms with E-state index in [1.807, 2.05) is 0 Å². The molecule has 1 aliphatic carbocycles. The fourth-order valence-electron chi connectivity index (χ4n) is 1.87. The maximum atomic E-state index is 12.9. The zero-order valence-electron chi connectivity index (χ0n) is 8.86. The number of aromatic nitrogens is 3. The zero-order chi connectivity index (χ0) is 11.0. The van der Waals surface area contributed by atoms with Gasteiger partial charge < -0.3 is 5.32 Å². The minimum absolute atomic E-state index is 0.303. The van der Waals surface area contributed by atoms with Crippen molar-refractivity contribution in [2.45, 2.75) is 19.3 Å². The number of nitrogens with zero attached hydrogens (tertiary/aromatic N) is 3. The topological polar surface area (TPSA) is 42.2 Å². The summed E-state index contributed by atoms with van der Waals surface area (Å²) in [4.78, 5) is 4.26. The molecule has 1 saturated carbocycles. The molecule has 3 rings (SSSR count). The molecule has 0 atom stereocenters. The minimum Gasteiger partial charge on any atom is -0.353 e. The Hall–Kier alpha value is -1.65. The van der Waals surface area contributed by atoms with Crippen LogP contribution in [0.3, 0.4) is 0 Å². The van der Waals surface area contributed by atoms with E-state index in [-0.39, 0.29) is 5.82 Å². The Morgan fingerprint density at radius 2 is 2.31 bits per heavy atom. The van der Waals surface area contributed by atoms with Crippen LogP contribution in [-0.4, -0.2) is 21.1 Å². The van der Waals surface area contributed by atoms with Crippen molar-refractivity contribution in [2.24, 2.45) is 5.92 Å². The number of hydrogen-bond acceptors (Lipinski definition) is 3. The summed E-state index contributed by atoms with van der Waals surface area (Å²) in [6.07, 6.45) is 5.23. The van der Waals surface area contributed by atoms with E-state index in [0.29, 0.717) is 11.6 Å². The Bertz CT molecular complexity index is 504. The second kappa shape index (κ2) is 3.73. The molecular formula is C11H13FN4. The lowest BCUT2D eigenvalue weighted by atomic mass is 9.85.